The van der Waals surface area contributed by atoms with Gasteiger partial charge in [-0.05, 0) is 13.0 Å². The second kappa shape index (κ2) is 6.02. The van der Waals surface area contributed by atoms with Crippen LogP contribution >= 0.6 is 11.8 Å². The van der Waals surface area contributed by atoms with E-state index in [0.29, 0.717) is 0 Å². The summed E-state index contributed by atoms with van der Waals surface area (Å²) in [6.45, 7) is 2.80. The van der Waals surface area contributed by atoms with Crippen molar-refractivity contribution >= 4 is 17.4 Å². The van der Waals surface area contributed by atoms with Crippen LogP contribution in [0.2, 0.25) is 0 Å². The van der Waals surface area contributed by atoms with Gasteiger partial charge in [-0.3, -0.25) is 0 Å². The molecule has 1 rings (SSSR count). The number of quaternary nitrogens is 1. The summed E-state index contributed by atoms with van der Waals surface area (Å²) in [7, 11) is 2.06. The molecule has 1 aromatic carbocycles. The highest BCUT2D eigenvalue weighted by molar-refractivity contribution is 7.99. The van der Waals surface area contributed by atoms with Crippen LogP contribution < -0.4 is 5.32 Å². The van der Waals surface area contributed by atoms with Crippen molar-refractivity contribution in [2.75, 3.05) is 19.6 Å². The van der Waals surface area contributed by atoms with Gasteiger partial charge >= 0.3 is 0 Å². The van der Waals surface area contributed by atoms with Crippen molar-refractivity contribution in [1.29, 1.82) is 0 Å². The molecule has 0 saturated carbocycles. The van der Waals surface area contributed by atoms with E-state index in [4.69, 9.17) is 4.74 Å². The van der Waals surface area contributed by atoms with Crippen LogP contribution in [0.1, 0.15) is 6.92 Å². The SMILES string of the molecule is CCOCSc1ccccc1[NH2+]C. The summed E-state index contributed by atoms with van der Waals surface area (Å²) in [5.41, 5.74) is 1.28. The summed E-state index contributed by atoms with van der Waals surface area (Å²) in [4.78, 5) is 1.29. The van der Waals surface area contributed by atoms with E-state index in [1.807, 2.05) is 6.92 Å². The van der Waals surface area contributed by atoms with E-state index in [1.165, 1.54) is 10.6 Å². The molecule has 0 bridgehead atoms. The Morgan fingerprint density at radius 1 is 1.38 bits per heavy atom. The molecule has 0 saturated heterocycles. The molecule has 3 heteroatoms. The molecule has 0 aromatic heterocycles. The van der Waals surface area contributed by atoms with E-state index in [9.17, 15) is 0 Å². The second-order valence-electron chi connectivity index (χ2n) is 2.58. The Bertz CT molecular complexity index is 252. The highest BCUT2D eigenvalue weighted by atomic mass is 32.2. The average molecular weight is 198 g/mol. The number of para-hydroxylation sites is 1. The third-order valence-corrected chi connectivity index (χ3v) is 2.70. The van der Waals surface area contributed by atoms with Gasteiger partial charge in [0.2, 0.25) is 0 Å². The highest BCUT2D eigenvalue weighted by Crippen LogP contribution is 2.23. The molecule has 1 aromatic rings. The van der Waals surface area contributed by atoms with Gasteiger partial charge in [-0.2, -0.15) is 0 Å². The smallest absolute Gasteiger partial charge is 0.143 e. The van der Waals surface area contributed by atoms with Gasteiger partial charge in [0, 0.05) is 12.7 Å². The molecule has 2 N–H and O–H groups in total. The molecule has 72 valence electrons. The average Bonchev–Trinajstić information content (AvgIpc) is 2.19. The molecule has 0 heterocycles. The molecule has 0 unspecified atom stereocenters. The number of nitrogens with two attached hydrogens (primary N) is 1. The summed E-state index contributed by atoms with van der Waals surface area (Å²) >= 11 is 1.74. The third-order valence-electron chi connectivity index (χ3n) is 1.73. The van der Waals surface area contributed by atoms with Crippen molar-refractivity contribution in [2.45, 2.75) is 11.8 Å². The molecular formula is C10H16NOS+. The highest BCUT2D eigenvalue weighted by Gasteiger charge is 2.02. The summed E-state index contributed by atoms with van der Waals surface area (Å²) in [6.07, 6.45) is 0. The van der Waals surface area contributed by atoms with Crippen LogP contribution in [0.25, 0.3) is 0 Å². The molecule has 0 spiro atoms. The van der Waals surface area contributed by atoms with Crippen LogP contribution in [0, 0.1) is 0 Å². The number of hydrogen-bond donors (Lipinski definition) is 1. The van der Waals surface area contributed by atoms with Crippen molar-refractivity contribution in [3.05, 3.63) is 24.3 Å². The summed E-state index contributed by atoms with van der Waals surface area (Å²) in [5.74, 6) is 0.737. The molecule has 0 aliphatic rings. The minimum absolute atomic E-state index is 0.737. The molecule has 0 atom stereocenters. The van der Waals surface area contributed by atoms with Gasteiger partial charge in [-0.15, -0.1) is 0 Å². The molecule has 0 aliphatic heterocycles. The van der Waals surface area contributed by atoms with Gasteiger partial charge in [-0.1, -0.05) is 23.9 Å². The van der Waals surface area contributed by atoms with Crippen LogP contribution in [0.5, 0.6) is 0 Å². The first kappa shape index (κ1) is 10.6. The van der Waals surface area contributed by atoms with E-state index in [2.05, 4.69) is 36.6 Å². The second-order valence-corrected chi connectivity index (χ2v) is 3.55. The van der Waals surface area contributed by atoms with Crippen molar-refractivity contribution in [3.8, 4) is 0 Å². The number of thioether (sulfide) groups is 1. The normalized spacial score (nSPS) is 10.3. The zero-order valence-electron chi connectivity index (χ0n) is 8.12. The largest absolute Gasteiger partial charge is 0.371 e. The fraction of sp³-hybridized carbons (Fsp3) is 0.400. The number of benzene rings is 1. The van der Waals surface area contributed by atoms with E-state index >= 15 is 0 Å². The Morgan fingerprint density at radius 2 is 2.15 bits per heavy atom. The van der Waals surface area contributed by atoms with E-state index in [-0.39, 0.29) is 0 Å². The Kier molecular flexibility index (Phi) is 4.90. The van der Waals surface area contributed by atoms with Gasteiger partial charge in [0.25, 0.3) is 0 Å². The van der Waals surface area contributed by atoms with Gasteiger partial charge in [0.1, 0.15) is 5.69 Å². The first-order valence-electron chi connectivity index (χ1n) is 4.47. The van der Waals surface area contributed by atoms with Crippen LogP contribution in [-0.4, -0.2) is 19.6 Å². The topological polar surface area (TPSA) is 25.8 Å². The fourth-order valence-electron chi connectivity index (χ4n) is 1.04. The lowest BCUT2D eigenvalue weighted by atomic mass is 10.3. The Morgan fingerprint density at radius 3 is 2.85 bits per heavy atom. The third kappa shape index (κ3) is 3.38. The Labute approximate surface area is 83.7 Å². The molecule has 0 fully saturated rings. The lowest BCUT2D eigenvalue weighted by Gasteiger charge is -2.04. The maximum atomic E-state index is 5.29. The number of ether oxygens (including phenoxy) is 1. The van der Waals surface area contributed by atoms with Gasteiger partial charge < -0.3 is 10.1 Å². The van der Waals surface area contributed by atoms with Crippen LogP contribution in [-0.2, 0) is 4.74 Å². The monoisotopic (exact) mass is 198 g/mol. The molecule has 0 aliphatic carbocycles. The van der Waals surface area contributed by atoms with Crippen LogP contribution in [0.4, 0.5) is 5.69 Å². The Balaban J connectivity index is 2.54. The molecule has 2 nitrogen and oxygen atoms in total. The van der Waals surface area contributed by atoms with Crippen LogP contribution in [0.3, 0.4) is 0 Å². The van der Waals surface area contributed by atoms with Crippen molar-refractivity contribution < 1.29 is 10.1 Å². The maximum Gasteiger partial charge on any atom is 0.143 e. The summed E-state index contributed by atoms with van der Waals surface area (Å²) < 4.78 is 5.29. The predicted molar refractivity (Wildman–Crippen MR) is 56.3 cm³/mol. The van der Waals surface area contributed by atoms with Crippen molar-refractivity contribution in [1.82, 2.24) is 0 Å². The van der Waals surface area contributed by atoms with Gasteiger partial charge in [0.05, 0.1) is 17.9 Å². The minimum Gasteiger partial charge on any atom is -0.371 e. The molecule has 13 heavy (non-hydrogen) atoms. The number of hydrogen-bond acceptors (Lipinski definition) is 2. The van der Waals surface area contributed by atoms with E-state index < -0.39 is 0 Å². The van der Waals surface area contributed by atoms with Crippen molar-refractivity contribution in [2.24, 2.45) is 0 Å². The summed E-state index contributed by atoms with van der Waals surface area (Å²) in [5, 5.41) is 2.12. The van der Waals surface area contributed by atoms with Crippen molar-refractivity contribution in [3.63, 3.8) is 0 Å². The zero-order valence-corrected chi connectivity index (χ0v) is 8.93. The number of rotatable bonds is 5. The van der Waals surface area contributed by atoms with Gasteiger partial charge in [-0.25, -0.2) is 0 Å². The fourth-order valence-corrected chi connectivity index (χ4v) is 1.94. The van der Waals surface area contributed by atoms with E-state index in [1.54, 1.807) is 11.8 Å². The molecule has 0 radical (unpaired) electrons. The standard InChI is InChI=1S/C10H15NOS/c1-3-12-8-13-10-7-5-4-6-9(10)11-2/h4-7,11H,3,8H2,1-2H3/p+1. The minimum atomic E-state index is 0.737. The lowest BCUT2D eigenvalue weighted by molar-refractivity contribution is -0.541. The molecular weight excluding hydrogens is 182 g/mol. The maximum absolute atomic E-state index is 5.29. The zero-order chi connectivity index (χ0) is 9.52. The predicted octanol–water partition coefficient (Wildman–Crippen LogP) is 1.60. The first-order chi connectivity index (χ1) is 6.38. The van der Waals surface area contributed by atoms with Crippen LogP contribution in [0.15, 0.2) is 29.2 Å². The van der Waals surface area contributed by atoms with Gasteiger partial charge in [0.15, 0.2) is 0 Å². The lowest BCUT2D eigenvalue weighted by Crippen LogP contribution is -2.72. The summed E-state index contributed by atoms with van der Waals surface area (Å²) in [6, 6.07) is 8.36. The quantitative estimate of drug-likeness (QED) is 0.336. The first-order valence-corrected chi connectivity index (χ1v) is 5.46. The molecule has 0 amide bonds. The Hall–Kier alpha value is -0.510. The van der Waals surface area contributed by atoms with E-state index in [0.717, 1.165) is 12.5 Å².